The zero-order valence-corrected chi connectivity index (χ0v) is 11.9. The molecule has 0 bridgehead atoms. The third-order valence-electron chi connectivity index (χ3n) is 2.90. The van der Waals surface area contributed by atoms with Crippen molar-refractivity contribution in [1.82, 2.24) is 4.31 Å². The van der Waals surface area contributed by atoms with Crippen LogP contribution < -0.4 is 5.32 Å². The van der Waals surface area contributed by atoms with Crippen LogP contribution in [0.4, 0.5) is 5.69 Å². The Labute approximate surface area is 113 Å². The summed E-state index contributed by atoms with van der Waals surface area (Å²) in [6.45, 7) is 3.82. The number of hydrogen-bond acceptors (Lipinski definition) is 3. The maximum absolute atomic E-state index is 12.3. The Kier molecular flexibility index (Phi) is 3.91. The average molecular weight is 282 g/mol. The van der Waals surface area contributed by atoms with Gasteiger partial charge in [-0.15, -0.1) is 0 Å². The Morgan fingerprint density at radius 1 is 1.26 bits per heavy atom. The summed E-state index contributed by atoms with van der Waals surface area (Å²) < 4.78 is 25.8. The molecule has 0 aliphatic carbocycles. The molecule has 0 saturated heterocycles. The molecule has 1 heterocycles. The second kappa shape index (κ2) is 5.30. The van der Waals surface area contributed by atoms with Gasteiger partial charge in [0.05, 0.1) is 12.3 Å². The molecule has 1 aliphatic heterocycles. The van der Waals surface area contributed by atoms with Gasteiger partial charge in [0.15, 0.2) is 0 Å². The normalized spacial score (nSPS) is 16.9. The molecule has 0 radical (unpaired) electrons. The molecule has 0 atom stereocenters. The quantitative estimate of drug-likeness (QED) is 0.912. The van der Waals surface area contributed by atoms with E-state index in [0.717, 1.165) is 5.56 Å². The number of rotatable bonds is 3. The topological polar surface area (TPSA) is 66.5 Å². The summed E-state index contributed by atoms with van der Waals surface area (Å²) in [6, 6.07) is 7.27. The summed E-state index contributed by atoms with van der Waals surface area (Å²) in [5, 5.41) is 2.73. The van der Waals surface area contributed by atoms with Crippen molar-refractivity contribution in [3.8, 4) is 0 Å². The molecule has 0 fully saturated rings. The second-order valence-corrected chi connectivity index (χ2v) is 7.16. The average Bonchev–Trinajstić information content (AvgIpc) is 2.45. The molecular weight excluding hydrogens is 264 g/mol. The largest absolute Gasteiger partial charge is 0.325 e. The van der Waals surface area contributed by atoms with Gasteiger partial charge in [0.2, 0.25) is 15.9 Å². The van der Waals surface area contributed by atoms with E-state index in [1.165, 1.54) is 4.31 Å². The van der Waals surface area contributed by atoms with E-state index in [2.05, 4.69) is 5.32 Å². The first-order valence-electron chi connectivity index (χ1n) is 6.24. The summed E-state index contributed by atoms with van der Waals surface area (Å²) in [7, 11) is -3.41. The van der Waals surface area contributed by atoms with Gasteiger partial charge in [-0.1, -0.05) is 32.0 Å². The Morgan fingerprint density at radius 2 is 1.95 bits per heavy atom. The molecule has 1 N–H and O–H groups in total. The highest BCUT2D eigenvalue weighted by atomic mass is 32.2. The van der Waals surface area contributed by atoms with Gasteiger partial charge in [0.25, 0.3) is 0 Å². The highest BCUT2D eigenvalue weighted by Gasteiger charge is 2.28. The fourth-order valence-corrected chi connectivity index (χ4v) is 3.80. The van der Waals surface area contributed by atoms with Crippen LogP contribution in [0.1, 0.15) is 19.4 Å². The predicted molar refractivity (Wildman–Crippen MR) is 74.1 cm³/mol. The Bertz CT molecular complexity index is 581. The molecule has 0 saturated carbocycles. The molecule has 1 aliphatic rings. The number of hydrogen-bond donors (Lipinski definition) is 1. The predicted octanol–water partition coefficient (Wildman–Crippen LogP) is 1.43. The fourth-order valence-electron chi connectivity index (χ4n) is 2.10. The standard InChI is InChI=1S/C13H18N2O3S/c1-10(2)9-19(17,18)15-7-11-5-3-4-6-12(11)14-13(16)8-15/h3-6,10H,7-9H2,1-2H3,(H,14,16). The summed E-state index contributed by atoms with van der Waals surface area (Å²) in [4.78, 5) is 11.8. The Hall–Kier alpha value is -1.40. The van der Waals surface area contributed by atoms with Crippen LogP contribution in [0.5, 0.6) is 0 Å². The van der Waals surface area contributed by atoms with Crippen molar-refractivity contribution in [2.75, 3.05) is 17.6 Å². The minimum atomic E-state index is -3.41. The van der Waals surface area contributed by atoms with Gasteiger partial charge in [-0.2, -0.15) is 4.31 Å². The lowest BCUT2D eigenvalue weighted by Crippen LogP contribution is -2.37. The smallest absolute Gasteiger partial charge is 0.239 e. The molecule has 0 aromatic heterocycles. The summed E-state index contributed by atoms with van der Waals surface area (Å²) in [5.41, 5.74) is 1.51. The summed E-state index contributed by atoms with van der Waals surface area (Å²) in [6.07, 6.45) is 0. The highest BCUT2D eigenvalue weighted by Crippen LogP contribution is 2.22. The van der Waals surface area contributed by atoms with E-state index in [1.807, 2.05) is 32.0 Å². The van der Waals surface area contributed by atoms with Crippen LogP contribution in [0.25, 0.3) is 0 Å². The van der Waals surface area contributed by atoms with Crippen LogP contribution in [-0.2, 0) is 21.4 Å². The molecule has 1 aromatic carbocycles. The summed E-state index contributed by atoms with van der Waals surface area (Å²) >= 11 is 0. The van der Waals surface area contributed by atoms with E-state index >= 15 is 0 Å². The molecule has 0 spiro atoms. The molecule has 0 unspecified atom stereocenters. The second-order valence-electron chi connectivity index (χ2n) is 5.15. The number of sulfonamides is 1. The van der Waals surface area contributed by atoms with E-state index in [4.69, 9.17) is 0 Å². The van der Waals surface area contributed by atoms with E-state index in [1.54, 1.807) is 6.07 Å². The number of benzene rings is 1. The first-order chi connectivity index (χ1) is 8.88. The minimum absolute atomic E-state index is 0.0339. The van der Waals surface area contributed by atoms with Crippen LogP contribution in [0.2, 0.25) is 0 Å². The van der Waals surface area contributed by atoms with Gasteiger partial charge in [0, 0.05) is 12.2 Å². The number of nitrogens with zero attached hydrogens (tertiary/aromatic N) is 1. The van der Waals surface area contributed by atoms with E-state index in [0.29, 0.717) is 5.69 Å². The fraction of sp³-hybridized carbons (Fsp3) is 0.462. The van der Waals surface area contributed by atoms with Crippen LogP contribution in [0.15, 0.2) is 24.3 Å². The molecule has 1 aromatic rings. The third kappa shape index (κ3) is 3.33. The molecule has 5 nitrogen and oxygen atoms in total. The molecule has 1 amide bonds. The highest BCUT2D eigenvalue weighted by molar-refractivity contribution is 7.89. The van der Waals surface area contributed by atoms with Gasteiger partial charge in [0.1, 0.15) is 0 Å². The maximum Gasteiger partial charge on any atom is 0.239 e. The number of carbonyl (C=O) groups is 1. The summed E-state index contributed by atoms with van der Waals surface area (Å²) in [5.74, 6) is -0.202. The third-order valence-corrected chi connectivity index (χ3v) is 5.03. The van der Waals surface area contributed by atoms with Crippen LogP contribution >= 0.6 is 0 Å². The van der Waals surface area contributed by atoms with E-state index < -0.39 is 10.0 Å². The lowest BCUT2D eigenvalue weighted by Gasteiger charge is -2.20. The van der Waals surface area contributed by atoms with Crippen molar-refractivity contribution in [2.45, 2.75) is 20.4 Å². The van der Waals surface area contributed by atoms with Crippen LogP contribution in [0, 0.1) is 5.92 Å². The minimum Gasteiger partial charge on any atom is -0.325 e. The zero-order valence-electron chi connectivity index (χ0n) is 11.1. The number of anilines is 1. The van der Waals surface area contributed by atoms with Crippen molar-refractivity contribution in [3.05, 3.63) is 29.8 Å². The zero-order chi connectivity index (χ0) is 14.0. The monoisotopic (exact) mass is 282 g/mol. The van der Waals surface area contributed by atoms with Crippen LogP contribution in [-0.4, -0.2) is 30.9 Å². The van der Waals surface area contributed by atoms with Crippen LogP contribution in [0.3, 0.4) is 0 Å². The van der Waals surface area contributed by atoms with Gasteiger partial charge in [-0.05, 0) is 17.5 Å². The van der Waals surface area contributed by atoms with Crippen molar-refractivity contribution in [2.24, 2.45) is 5.92 Å². The molecular formula is C13H18N2O3S. The Balaban J connectivity index is 2.32. The number of nitrogens with one attached hydrogen (secondary N) is 1. The molecule has 104 valence electrons. The molecule has 2 rings (SSSR count). The van der Waals surface area contributed by atoms with Gasteiger partial charge < -0.3 is 5.32 Å². The van der Waals surface area contributed by atoms with Gasteiger partial charge in [-0.3, -0.25) is 4.79 Å². The first kappa shape index (κ1) is 14.0. The molecule has 19 heavy (non-hydrogen) atoms. The molecule has 6 heteroatoms. The van der Waals surface area contributed by atoms with Gasteiger partial charge in [-0.25, -0.2) is 8.42 Å². The van der Waals surface area contributed by atoms with E-state index in [9.17, 15) is 13.2 Å². The van der Waals surface area contributed by atoms with Gasteiger partial charge >= 0.3 is 0 Å². The number of amides is 1. The van der Waals surface area contributed by atoms with Crippen molar-refractivity contribution < 1.29 is 13.2 Å². The Morgan fingerprint density at radius 3 is 2.63 bits per heavy atom. The SMILES string of the molecule is CC(C)CS(=O)(=O)N1CC(=O)Nc2ccccc2C1. The van der Waals surface area contributed by atoms with E-state index in [-0.39, 0.29) is 30.7 Å². The number of fused-ring (bicyclic) bond motifs is 1. The lowest BCUT2D eigenvalue weighted by molar-refractivity contribution is -0.116. The maximum atomic E-state index is 12.3. The van der Waals surface area contributed by atoms with Crippen molar-refractivity contribution >= 4 is 21.6 Å². The number of carbonyl (C=O) groups excluding carboxylic acids is 1. The lowest BCUT2D eigenvalue weighted by atomic mass is 10.2. The van der Waals surface area contributed by atoms with Crippen molar-refractivity contribution in [1.29, 1.82) is 0 Å². The number of para-hydroxylation sites is 1. The first-order valence-corrected chi connectivity index (χ1v) is 7.85. The van der Waals surface area contributed by atoms with Crippen molar-refractivity contribution in [3.63, 3.8) is 0 Å².